The maximum absolute atomic E-state index is 12.5. The summed E-state index contributed by atoms with van der Waals surface area (Å²) >= 11 is 0. The van der Waals surface area contributed by atoms with E-state index >= 15 is 0 Å². The Labute approximate surface area is 211 Å². The Kier molecular flexibility index (Phi) is 8.50. The third kappa shape index (κ3) is 6.61. The zero-order valence-corrected chi connectivity index (χ0v) is 20.3. The molecule has 3 aromatic carbocycles. The van der Waals surface area contributed by atoms with Crippen LogP contribution < -0.4 is 9.47 Å². The average Bonchev–Trinajstić information content (AvgIpc) is 3.42. The molecule has 0 N–H and O–H groups in total. The quantitative estimate of drug-likeness (QED) is 0.126. The molecule has 0 radical (unpaired) electrons. The van der Waals surface area contributed by atoms with Gasteiger partial charge in [-0.05, 0) is 79.2 Å². The summed E-state index contributed by atoms with van der Waals surface area (Å²) < 4.78 is 16.7. The van der Waals surface area contributed by atoms with Crippen LogP contribution in [-0.2, 0) is 0 Å². The van der Waals surface area contributed by atoms with E-state index in [9.17, 15) is 4.79 Å². The number of ether oxygens (including phenoxy) is 2. The van der Waals surface area contributed by atoms with Crippen LogP contribution in [0.5, 0.6) is 11.5 Å². The fraction of sp³-hybridized carbons (Fsp3) is 0.233. The van der Waals surface area contributed by atoms with Crippen molar-refractivity contribution in [3.8, 4) is 40.1 Å². The van der Waals surface area contributed by atoms with Crippen LogP contribution in [0.25, 0.3) is 22.6 Å². The molecule has 0 saturated carbocycles. The lowest BCUT2D eigenvalue weighted by molar-refractivity contribution is 0.0734. The van der Waals surface area contributed by atoms with Crippen molar-refractivity contribution in [3.63, 3.8) is 0 Å². The fourth-order valence-corrected chi connectivity index (χ4v) is 3.70. The van der Waals surface area contributed by atoms with Crippen molar-refractivity contribution in [1.29, 1.82) is 5.26 Å². The number of carbonyl (C=O) groups is 1. The summed E-state index contributed by atoms with van der Waals surface area (Å²) in [6, 6.07) is 25.1. The molecule has 4 aromatic rings. The molecule has 0 bridgehead atoms. The Bertz CT molecular complexity index is 1300. The molecule has 0 fully saturated rings. The van der Waals surface area contributed by atoms with E-state index in [1.807, 2.05) is 30.3 Å². The van der Waals surface area contributed by atoms with Gasteiger partial charge in [-0.25, -0.2) is 4.79 Å². The van der Waals surface area contributed by atoms with Crippen molar-refractivity contribution in [2.24, 2.45) is 0 Å². The van der Waals surface area contributed by atoms with Gasteiger partial charge in [-0.1, -0.05) is 37.8 Å². The summed E-state index contributed by atoms with van der Waals surface area (Å²) in [5.41, 5.74) is 3.36. The summed E-state index contributed by atoms with van der Waals surface area (Å²) in [4.78, 5) is 12.5. The zero-order chi connectivity index (χ0) is 25.2. The van der Waals surface area contributed by atoms with Crippen LogP contribution in [0.3, 0.4) is 0 Å². The molecule has 36 heavy (non-hydrogen) atoms. The Morgan fingerprint density at radius 2 is 1.53 bits per heavy atom. The number of esters is 1. The lowest BCUT2D eigenvalue weighted by atomic mass is 10.1. The Morgan fingerprint density at radius 1 is 0.861 bits per heavy atom. The minimum Gasteiger partial charge on any atom is -0.494 e. The highest BCUT2D eigenvalue weighted by Crippen LogP contribution is 2.27. The Balaban J connectivity index is 1.30. The van der Waals surface area contributed by atoms with Gasteiger partial charge in [-0.15, -0.1) is 0 Å². The molecule has 0 aliphatic heterocycles. The van der Waals surface area contributed by atoms with Gasteiger partial charge in [0.05, 0.1) is 23.8 Å². The van der Waals surface area contributed by atoms with Gasteiger partial charge in [0.25, 0.3) is 0 Å². The molecular weight excluding hydrogens is 452 g/mol. The Morgan fingerprint density at radius 3 is 2.22 bits per heavy atom. The molecule has 0 atom stereocenters. The normalized spacial score (nSPS) is 10.6. The third-order valence-corrected chi connectivity index (χ3v) is 5.78. The molecule has 0 spiro atoms. The molecule has 0 saturated heterocycles. The van der Waals surface area contributed by atoms with Gasteiger partial charge in [-0.3, -0.25) is 0 Å². The van der Waals surface area contributed by atoms with E-state index in [4.69, 9.17) is 19.3 Å². The molecule has 6 heteroatoms. The summed E-state index contributed by atoms with van der Waals surface area (Å²) in [6.07, 6.45) is 5.94. The van der Waals surface area contributed by atoms with Crippen LogP contribution in [0, 0.1) is 11.3 Å². The number of unbranched alkanes of at least 4 members (excludes halogenated alkanes) is 4. The lowest BCUT2D eigenvalue weighted by Crippen LogP contribution is -2.08. The molecule has 0 unspecified atom stereocenters. The van der Waals surface area contributed by atoms with Gasteiger partial charge in [0.2, 0.25) is 0 Å². The van der Waals surface area contributed by atoms with E-state index in [1.165, 1.54) is 25.7 Å². The number of nitrogens with zero attached hydrogens (tertiary/aromatic N) is 2. The summed E-state index contributed by atoms with van der Waals surface area (Å²) in [5, 5.41) is 13.1. The van der Waals surface area contributed by atoms with Gasteiger partial charge in [0, 0.05) is 17.2 Å². The van der Waals surface area contributed by atoms with Crippen LogP contribution in [0.1, 0.15) is 54.9 Å². The first-order valence-corrected chi connectivity index (χ1v) is 12.2. The minimum atomic E-state index is -0.432. The largest absolute Gasteiger partial charge is 0.494 e. The van der Waals surface area contributed by atoms with Gasteiger partial charge in [0.15, 0.2) is 5.76 Å². The van der Waals surface area contributed by atoms with Crippen molar-refractivity contribution in [2.45, 2.75) is 39.0 Å². The van der Waals surface area contributed by atoms with E-state index in [0.29, 0.717) is 34.9 Å². The molecule has 0 amide bonds. The van der Waals surface area contributed by atoms with Crippen LogP contribution in [0.4, 0.5) is 0 Å². The van der Waals surface area contributed by atoms with Gasteiger partial charge < -0.3 is 14.0 Å². The van der Waals surface area contributed by atoms with Crippen molar-refractivity contribution >= 4 is 5.97 Å². The van der Waals surface area contributed by atoms with E-state index in [1.54, 1.807) is 48.5 Å². The molecule has 0 aliphatic carbocycles. The highest BCUT2D eigenvalue weighted by molar-refractivity contribution is 5.91. The Hall–Kier alpha value is -4.37. The third-order valence-electron chi connectivity index (χ3n) is 5.78. The number of carbonyl (C=O) groups excluding carboxylic acids is 1. The van der Waals surface area contributed by atoms with Crippen molar-refractivity contribution < 1.29 is 18.8 Å². The highest BCUT2D eigenvalue weighted by atomic mass is 16.5. The van der Waals surface area contributed by atoms with Crippen LogP contribution in [-0.4, -0.2) is 17.7 Å². The summed E-state index contributed by atoms with van der Waals surface area (Å²) in [7, 11) is 0. The number of rotatable bonds is 11. The fourth-order valence-electron chi connectivity index (χ4n) is 3.70. The standard InChI is InChI=1S/C30H28N2O4/c1-2-3-4-5-6-19-34-26-15-13-25(14-16-26)30(33)35-27-17-11-23(12-18-27)28-20-29(36-32-28)24-9-7-22(21-31)8-10-24/h7-18,20H,2-6,19H2,1H3. The van der Waals surface area contributed by atoms with E-state index in [-0.39, 0.29) is 0 Å². The number of hydrogen-bond acceptors (Lipinski definition) is 6. The van der Waals surface area contributed by atoms with Crippen LogP contribution >= 0.6 is 0 Å². The number of benzene rings is 3. The second kappa shape index (κ2) is 12.4. The van der Waals surface area contributed by atoms with Gasteiger partial charge >= 0.3 is 5.97 Å². The molecule has 0 aliphatic rings. The van der Waals surface area contributed by atoms with Crippen LogP contribution in [0.2, 0.25) is 0 Å². The zero-order valence-electron chi connectivity index (χ0n) is 20.3. The molecule has 1 aromatic heterocycles. The summed E-state index contributed by atoms with van der Waals surface area (Å²) in [6.45, 7) is 2.88. The maximum Gasteiger partial charge on any atom is 0.343 e. The minimum absolute atomic E-state index is 0.432. The van der Waals surface area contributed by atoms with Crippen molar-refractivity contribution in [1.82, 2.24) is 5.16 Å². The van der Waals surface area contributed by atoms with Crippen LogP contribution in [0.15, 0.2) is 83.4 Å². The van der Waals surface area contributed by atoms with Crippen molar-refractivity contribution in [2.75, 3.05) is 6.61 Å². The first-order valence-electron chi connectivity index (χ1n) is 12.2. The first-order chi connectivity index (χ1) is 17.7. The topological polar surface area (TPSA) is 85.4 Å². The SMILES string of the molecule is CCCCCCCOc1ccc(C(=O)Oc2ccc(-c3cc(-c4ccc(C#N)cc4)on3)cc2)cc1. The number of aromatic nitrogens is 1. The maximum atomic E-state index is 12.5. The molecule has 1 heterocycles. The second-order valence-electron chi connectivity index (χ2n) is 8.47. The average molecular weight is 481 g/mol. The van der Waals surface area contributed by atoms with Gasteiger partial charge in [0.1, 0.15) is 17.2 Å². The van der Waals surface area contributed by atoms with E-state index < -0.39 is 5.97 Å². The summed E-state index contributed by atoms with van der Waals surface area (Å²) in [5.74, 6) is 1.36. The van der Waals surface area contributed by atoms with Crippen molar-refractivity contribution in [3.05, 3.63) is 90.0 Å². The predicted molar refractivity (Wildman–Crippen MR) is 138 cm³/mol. The number of hydrogen-bond donors (Lipinski definition) is 0. The molecular formula is C30H28N2O4. The second-order valence-corrected chi connectivity index (χ2v) is 8.47. The monoisotopic (exact) mass is 480 g/mol. The highest BCUT2D eigenvalue weighted by Gasteiger charge is 2.12. The molecule has 6 nitrogen and oxygen atoms in total. The predicted octanol–water partition coefficient (Wildman–Crippen LogP) is 7.45. The smallest absolute Gasteiger partial charge is 0.343 e. The van der Waals surface area contributed by atoms with E-state index in [0.717, 1.165) is 23.3 Å². The van der Waals surface area contributed by atoms with E-state index in [2.05, 4.69) is 18.1 Å². The number of nitriles is 1. The first kappa shape index (κ1) is 24.7. The molecule has 182 valence electrons. The molecule has 4 rings (SSSR count). The van der Waals surface area contributed by atoms with Gasteiger partial charge in [-0.2, -0.15) is 5.26 Å². The lowest BCUT2D eigenvalue weighted by Gasteiger charge is -2.08.